The quantitative estimate of drug-likeness (QED) is 0.672. The second-order valence-corrected chi connectivity index (χ2v) is 6.04. The molecule has 2 unspecified atom stereocenters. The Labute approximate surface area is 100 Å². The molecule has 0 aliphatic heterocycles. The largest absolute Gasteiger partial charge is 0.0622 e. The van der Waals surface area contributed by atoms with Gasteiger partial charge in [0.1, 0.15) is 0 Å². The molecule has 0 N–H and O–H groups in total. The van der Waals surface area contributed by atoms with Gasteiger partial charge in [-0.05, 0) is 35.7 Å². The molecular formula is C16H24. The maximum atomic E-state index is 2.46. The summed E-state index contributed by atoms with van der Waals surface area (Å²) in [7, 11) is 0. The van der Waals surface area contributed by atoms with Crippen molar-refractivity contribution in [1.29, 1.82) is 0 Å². The van der Waals surface area contributed by atoms with Crippen LogP contribution in [-0.2, 0) is 6.42 Å². The minimum absolute atomic E-state index is 0.508. The maximum Gasteiger partial charge on any atom is -0.0245 e. The number of benzene rings is 1. The van der Waals surface area contributed by atoms with Gasteiger partial charge in [0.25, 0.3) is 0 Å². The Hall–Kier alpha value is -0.780. The summed E-state index contributed by atoms with van der Waals surface area (Å²) >= 11 is 0. The van der Waals surface area contributed by atoms with E-state index in [4.69, 9.17) is 0 Å². The first-order chi connectivity index (χ1) is 7.60. The first-order valence-electron chi connectivity index (χ1n) is 6.64. The zero-order chi connectivity index (χ0) is 11.6. The summed E-state index contributed by atoms with van der Waals surface area (Å²) < 4.78 is 0. The molecular weight excluding hydrogens is 192 g/mol. The molecule has 1 aromatic carbocycles. The van der Waals surface area contributed by atoms with E-state index in [9.17, 15) is 0 Å². The average molecular weight is 216 g/mol. The van der Waals surface area contributed by atoms with Gasteiger partial charge in [-0.15, -0.1) is 0 Å². The lowest BCUT2D eigenvalue weighted by molar-refractivity contribution is 0.0708. The molecule has 88 valence electrons. The van der Waals surface area contributed by atoms with Crippen molar-refractivity contribution in [2.24, 2.45) is 17.3 Å². The smallest absolute Gasteiger partial charge is 0.0245 e. The van der Waals surface area contributed by atoms with E-state index in [1.807, 2.05) is 0 Å². The SMILES string of the molecule is CC1CCCC(Cc2ccccc2)C1(C)C. The molecule has 0 spiro atoms. The van der Waals surface area contributed by atoms with Gasteiger partial charge in [-0.1, -0.05) is 63.9 Å². The topological polar surface area (TPSA) is 0 Å². The van der Waals surface area contributed by atoms with E-state index < -0.39 is 0 Å². The summed E-state index contributed by atoms with van der Waals surface area (Å²) in [5.41, 5.74) is 2.02. The monoisotopic (exact) mass is 216 g/mol. The van der Waals surface area contributed by atoms with Gasteiger partial charge >= 0.3 is 0 Å². The maximum absolute atomic E-state index is 2.46. The van der Waals surface area contributed by atoms with Gasteiger partial charge < -0.3 is 0 Å². The molecule has 0 amide bonds. The fraction of sp³-hybridized carbons (Fsp3) is 0.625. The highest BCUT2D eigenvalue weighted by atomic mass is 14.4. The molecule has 0 aromatic heterocycles. The third-order valence-corrected chi connectivity index (χ3v) is 4.84. The van der Waals surface area contributed by atoms with Crippen LogP contribution in [0.4, 0.5) is 0 Å². The van der Waals surface area contributed by atoms with Gasteiger partial charge in [-0.25, -0.2) is 0 Å². The van der Waals surface area contributed by atoms with E-state index >= 15 is 0 Å². The molecule has 1 aromatic rings. The Morgan fingerprint density at radius 3 is 2.50 bits per heavy atom. The van der Waals surface area contributed by atoms with Crippen LogP contribution in [0.1, 0.15) is 45.6 Å². The van der Waals surface area contributed by atoms with E-state index in [1.54, 1.807) is 0 Å². The van der Waals surface area contributed by atoms with Crippen molar-refractivity contribution in [3.8, 4) is 0 Å². The summed E-state index contributed by atoms with van der Waals surface area (Å²) in [5.74, 6) is 1.73. The van der Waals surface area contributed by atoms with Crippen molar-refractivity contribution in [3.05, 3.63) is 35.9 Å². The second kappa shape index (κ2) is 4.61. The van der Waals surface area contributed by atoms with Gasteiger partial charge in [0.05, 0.1) is 0 Å². The van der Waals surface area contributed by atoms with Crippen molar-refractivity contribution < 1.29 is 0 Å². The predicted molar refractivity (Wildman–Crippen MR) is 70.4 cm³/mol. The van der Waals surface area contributed by atoms with E-state index in [-0.39, 0.29) is 0 Å². The van der Waals surface area contributed by atoms with Crippen LogP contribution in [0.3, 0.4) is 0 Å². The van der Waals surface area contributed by atoms with Crippen LogP contribution >= 0.6 is 0 Å². The Kier molecular flexibility index (Phi) is 3.37. The minimum Gasteiger partial charge on any atom is -0.0622 e. The Balaban J connectivity index is 2.09. The Bertz CT molecular complexity index is 323. The van der Waals surface area contributed by atoms with Crippen LogP contribution in [0.5, 0.6) is 0 Å². The molecule has 16 heavy (non-hydrogen) atoms. The van der Waals surface area contributed by atoms with Gasteiger partial charge in [0, 0.05) is 0 Å². The Morgan fingerprint density at radius 1 is 1.12 bits per heavy atom. The fourth-order valence-electron chi connectivity index (χ4n) is 3.08. The zero-order valence-corrected chi connectivity index (χ0v) is 10.9. The van der Waals surface area contributed by atoms with Crippen molar-refractivity contribution in [2.75, 3.05) is 0 Å². The van der Waals surface area contributed by atoms with Crippen molar-refractivity contribution in [1.82, 2.24) is 0 Å². The second-order valence-electron chi connectivity index (χ2n) is 6.04. The van der Waals surface area contributed by atoms with E-state index in [0.29, 0.717) is 5.41 Å². The van der Waals surface area contributed by atoms with E-state index in [2.05, 4.69) is 51.1 Å². The first-order valence-corrected chi connectivity index (χ1v) is 6.64. The summed E-state index contributed by atoms with van der Waals surface area (Å²) in [6.45, 7) is 7.35. The van der Waals surface area contributed by atoms with E-state index in [0.717, 1.165) is 11.8 Å². The van der Waals surface area contributed by atoms with E-state index in [1.165, 1.54) is 31.2 Å². The zero-order valence-electron chi connectivity index (χ0n) is 10.9. The lowest BCUT2D eigenvalue weighted by atomic mass is 9.61. The van der Waals surface area contributed by atoms with Crippen LogP contribution in [0.2, 0.25) is 0 Å². The first kappa shape index (κ1) is 11.7. The fourth-order valence-corrected chi connectivity index (χ4v) is 3.08. The normalized spacial score (nSPS) is 28.9. The predicted octanol–water partition coefficient (Wildman–Crippen LogP) is 4.69. The molecule has 2 rings (SSSR count). The van der Waals surface area contributed by atoms with Gasteiger partial charge in [-0.2, -0.15) is 0 Å². The molecule has 2 atom stereocenters. The highest BCUT2D eigenvalue weighted by Gasteiger charge is 2.37. The van der Waals surface area contributed by atoms with Gasteiger partial charge in [-0.3, -0.25) is 0 Å². The summed E-state index contributed by atoms with van der Waals surface area (Å²) in [4.78, 5) is 0. The number of hydrogen-bond acceptors (Lipinski definition) is 0. The molecule has 0 heteroatoms. The molecule has 0 saturated heterocycles. The Morgan fingerprint density at radius 2 is 1.81 bits per heavy atom. The number of hydrogen-bond donors (Lipinski definition) is 0. The third kappa shape index (κ3) is 2.31. The average Bonchev–Trinajstić information content (AvgIpc) is 2.27. The van der Waals surface area contributed by atoms with Crippen LogP contribution in [0.15, 0.2) is 30.3 Å². The molecule has 1 aliphatic rings. The highest BCUT2D eigenvalue weighted by Crippen LogP contribution is 2.46. The molecule has 0 radical (unpaired) electrons. The molecule has 1 saturated carbocycles. The summed E-state index contributed by atoms with van der Waals surface area (Å²) in [6, 6.07) is 11.0. The summed E-state index contributed by atoms with van der Waals surface area (Å²) in [6.07, 6.45) is 5.50. The lowest BCUT2D eigenvalue weighted by Gasteiger charge is -2.44. The van der Waals surface area contributed by atoms with Crippen molar-refractivity contribution in [2.45, 2.75) is 46.5 Å². The standard InChI is InChI=1S/C16H24/c1-13-8-7-11-15(16(13,2)3)12-14-9-5-4-6-10-14/h4-6,9-10,13,15H,7-8,11-12H2,1-3H3. The van der Waals surface area contributed by atoms with Crippen molar-refractivity contribution in [3.63, 3.8) is 0 Å². The van der Waals surface area contributed by atoms with Gasteiger partial charge in [0.15, 0.2) is 0 Å². The van der Waals surface area contributed by atoms with Crippen LogP contribution < -0.4 is 0 Å². The van der Waals surface area contributed by atoms with Crippen molar-refractivity contribution >= 4 is 0 Å². The minimum atomic E-state index is 0.508. The lowest BCUT2D eigenvalue weighted by Crippen LogP contribution is -2.36. The van der Waals surface area contributed by atoms with Crippen LogP contribution in [0, 0.1) is 17.3 Å². The molecule has 0 nitrogen and oxygen atoms in total. The molecule has 1 aliphatic carbocycles. The van der Waals surface area contributed by atoms with Gasteiger partial charge in [0.2, 0.25) is 0 Å². The highest BCUT2D eigenvalue weighted by molar-refractivity contribution is 5.16. The number of rotatable bonds is 2. The third-order valence-electron chi connectivity index (χ3n) is 4.84. The van der Waals surface area contributed by atoms with Crippen LogP contribution in [-0.4, -0.2) is 0 Å². The summed E-state index contributed by atoms with van der Waals surface area (Å²) in [5, 5.41) is 0. The molecule has 1 fully saturated rings. The van der Waals surface area contributed by atoms with Crippen LogP contribution in [0.25, 0.3) is 0 Å². The molecule has 0 bridgehead atoms. The molecule has 0 heterocycles.